The average molecular weight is 199 g/mol. The topological polar surface area (TPSA) is 21.6 Å². The van der Waals surface area contributed by atoms with Crippen LogP contribution in [0.3, 0.4) is 0 Å². The molecule has 0 unspecified atom stereocenters. The van der Waals surface area contributed by atoms with Crippen molar-refractivity contribution in [3.8, 4) is 0 Å². The lowest BCUT2D eigenvalue weighted by molar-refractivity contribution is 0.338. The summed E-state index contributed by atoms with van der Waals surface area (Å²) in [5.41, 5.74) is 0. The number of hydrogen-bond acceptors (Lipinski definition) is 3. The molecule has 0 radical (unpaired) electrons. The molecule has 12 heavy (non-hydrogen) atoms. The normalized spacial score (nSPS) is 12.2. The zero-order valence-corrected chi connectivity index (χ0v) is 9.39. The molecule has 0 bridgehead atoms. The molecule has 1 rings (SSSR count). The molecule has 0 aliphatic heterocycles. The van der Waals surface area contributed by atoms with Crippen molar-refractivity contribution in [3.63, 3.8) is 0 Å². The summed E-state index contributed by atoms with van der Waals surface area (Å²) in [5.74, 6) is 0. The Balaban J connectivity index is 2.42. The Morgan fingerprint density at radius 3 is 2.75 bits per heavy atom. The van der Waals surface area contributed by atoms with E-state index < -0.39 is 8.32 Å². The van der Waals surface area contributed by atoms with Gasteiger partial charge in [0.2, 0.25) is 0 Å². The van der Waals surface area contributed by atoms with Crippen LogP contribution in [0.4, 0.5) is 0 Å². The molecular weight excluding hydrogens is 186 g/mol. The van der Waals surface area contributed by atoms with Crippen molar-refractivity contribution < 1.29 is 4.53 Å². The van der Waals surface area contributed by atoms with Crippen LogP contribution in [0.2, 0.25) is 19.6 Å². The number of rotatable bonds is 3. The SMILES string of the molecule is C[Si](C)(C)ON=Cc1cccs1. The van der Waals surface area contributed by atoms with Crippen LogP contribution in [0.15, 0.2) is 22.7 Å². The molecule has 1 aromatic rings. The summed E-state index contributed by atoms with van der Waals surface area (Å²) >= 11 is 1.66. The minimum Gasteiger partial charge on any atom is -0.456 e. The highest BCUT2D eigenvalue weighted by Gasteiger charge is 2.15. The molecule has 0 aliphatic carbocycles. The quantitative estimate of drug-likeness (QED) is 0.417. The third-order valence-electron chi connectivity index (χ3n) is 1.05. The van der Waals surface area contributed by atoms with E-state index in [0.717, 1.165) is 4.88 Å². The van der Waals surface area contributed by atoms with Crippen molar-refractivity contribution in [1.82, 2.24) is 0 Å². The smallest absolute Gasteiger partial charge is 0.278 e. The number of nitrogens with zero attached hydrogens (tertiary/aromatic N) is 1. The van der Waals surface area contributed by atoms with Gasteiger partial charge in [-0.15, -0.1) is 16.5 Å². The van der Waals surface area contributed by atoms with Crippen molar-refractivity contribution in [1.29, 1.82) is 0 Å². The minimum atomic E-state index is -1.48. The molecule has 2 nitrogen and oxygen atoms in total. The van der Waals surface area contributed by atoms with Crippen LogP contribution < -0.4 is 0 Å². The number of hydrogen-bond donors (Lipinski definition) is 0. The fourth-order valence-electron chi connectivity index (χ4n) is 0.601. The lowest BCUT2D eigenvalue weighted by atomic mass is 10.5. The third kappa shape index (κ3) is 3.68. The lowest BCUT2D eigenvalue weighted by Crippen LogP contribution is -2.22. The first-order valence-corrected chi connectivity index (χ1v) is 8.12. The first-order valence-electron chi connectivity index (χ1n) is 3.83. The zero-order chi connectivity index (χ0) is 9.03. The van der Waals surface area contributed by atoms with Gasteiger partial charge in [-0.05, 0) is 31.1 Å². The van der Waals surface area contributed by atoms with Gasteiger partial charge in [-0.3, -0.25) is 0 Å². The maximum absolute atomic E-state index is 5.32. The summed E-state index contributed by atoms with van der Waals surface area (Å²) in [6, 6.07) is 4.02. The van der Waals surface area contributed by atoms with Gasteiger partial charge in [-0.25, -0.2) is 0 Å². The highest BCUT2D eigenvalue weighted by Crippen LogP contribution is 2.06. The second-order valence-electron chi connectivity index (χ2n) is 3.45. The highest BCUT2D eigenvalue weighted by molar-refractivity contribution is 7.11. The molecule has 0 aliphatic rings. The number of oxime groups is 1. The highest BCUT2D eigenvalue weighted by atomic mass is 32.1. The largest absolute Gasteiger partial charge is 0.456 e. The van der Waals surface area contributed by atoms with Crippen molar-refractivity contribution >= 4 is 25.9 Å². The Kier molecular flexibility index (Phi) is 3.05. The molecule has 0 saturated heterocycles. The maximum Gasteiger partial charge on any atom is 0.278 e. The summed E-state index contributed by atoms with van der Waals surface area (Å²) in [7, 11) is -1.48. The molecule has 0 atom stereocenters. The lowest BCUT2D eigenvalue weighted by Gasteiger charge is -2.11. The molecule has 0 spiro atoms. The van der Waals surface area contributed by atoms with Crippen molar-refractivity contribution in [3.05, 3.63) is 22.4 Å². The maximum atomic E-state index is 5.32. The van der Waals surface area contributed by atoms with Gasteiger partial charge in [-0.2, -0.15) is 0 Å². The standard InChI is InChI=1S/C8H13NOSSi/c1-12(2,3)10-9-7-8-5-4-6-11-8/h4-7H,1-3H3. The Morgan fingerprint density at radius 2 is 2.25 bits per heavy atom. The first kappa shape index (κ1) is 9.47. The second kappa shape index (κ2) is 3.87. The van der Waals surface area contributed by atoms with E-state index in [1.165, 1.54) is 0 Å². The summed E-state index contributed by atoms with van der Waals surface area (Å²) < 4.78 is 5.32. The Morgan fingerprint density at radius 1 is 1.50 bits per heavy atom. The van der Waals surface area contributed by atoms with E-state index in [-0.39, 0.29) is 0 Å². The van der Waals surface area contributed by atoms with E-state index in [9.17, 15) is 0 Å². The van der Waals surface area contributed by atoms with Gasteiger partial charge in [0.05, 0.1) is 6.21 Å². The summed E-state index contributed by atoms with van der Waals surface area (Å²) in [4.78, 5) is 1.13. The molecule has 0 aromatic carbocycles. The van der Waals surface area contributed by atoms with E-state index in [0.29, 0.717) is 0 Å². The van der Waals surface area contributed by atoms with Gasteiger partial charge in [0.15, 0.2) is 0 Å². The first-order chi connectivity index (χ1) is 5.58. The molecule has 4 heteroatoms. The summed E-state index contributed by atoms with van der Waals surface area (Å²) in [6.45, 7) is 6.33. The van der Waals surface area contributed by atoms with E-state index in [1.807, 2.05) is 17.5 Å². The van der Waals surface area contributed by atoms with Gasteiger partial charge in [0.1, 0.15) is 0 Å². The molecule has 1 heterocycles. The van der Waals surface area contributed by atoms with Gasteiger partial charge in [0.25, 0.3) is 8.32 Å². The Hall–Kier alpha value is -0.613. The fourth-order valence-corrected chi connectivity index (χ4v) is 1.55. The van der Waals surface area contributed by atoms with Crippen LogP contribution in [0.25, 0.3) is 0 Å². The second-order valence-corrected chi connectivity index (χ2v) is 8.84. The molecule has 0 amide bonds. The summed E-state index contributed by atoms with van der Waals surface area (Å²) in [6.07, 6.45) is 1.77. The molecule has 66 valence electrons. The fraction of sp³-hybridized carbons (Fsp3) is 0.375. The van der Waals surface area contributed by atoms with Crippen molar-refractivity contribution in [2.24, 2.45) is 5.16 Å². The van der Waals surface area contributed by atoms with Gasteiger partial charge >= 0.3 is 0 Å². The molecule has 0 saturated carbocycles. The van der Waals surface area contributed by atoms with Crippen LogP contribution in [-0.4, -0.2) is 14.5 Å². The monoisotopic (exact) mass is 199 g/mol. The predicted molar refractivity (Wildman–Crippen MR) is 56.3 cm³/mol. The average Bonchev–Trinajstić information content (AvgIpc) is 2.36. The van der Waals surface area contributed by atoms with E-state index in [1.54, 1.807) is 17.6 Å². The third-order valence-corrected chi connectivity index (χ3v) is 2.51. The zero-order valence-electron chi connectivity index (χ0n) is 7.57. The van der Waals surface area contributed by atoms with Gasteiger partial charge < -0.3 is 4.53 Å². The van der Waals surface area contributed by atoms with Crippen LogP contribution in [0.1, 0.15) is 4.88 Å². The summed E-state index contributed by atoms with van der Waals surface area (Å²) in [5, 5.41) is 5.96. The minimum absolute atomic E-state index is 1.13. The van der Waals surface area contributed by atoms with Crippen LogP contribution in [0.5, 0.6) is 0 Å². The molecule has 1 aromatic heterocycles. The number of thiophene rings is 1. The van der Waals surface area contributed by atoms with Crippen LogP contribution in [0, 0.1) is 0 Å². The molecule has 0 N–H and O–H groups in total. The molecule has 0 fully saturated rings. The predicted octanol–water partition coefficient (Wildman–Crippen LogP) is 2.93. The van der Waals surface area contributed by atoms with Crippen LogP contribution >= 0.6 is 11.3 Å². The van der Waals surface area contributed by atoms with Gasteiger partial charge in [-0.1, -0.05) is 6.07 Å². The van der Waals surface area contributed by atoms with Crippen LogP contribution in [-0.2, 0) is 4.53 Å². The van der Waals surface area contributed by atoms with E-state index in [2.05, 4.69) is 24.8 Å². The van der Waals surface area contributed by atoms with Gasteiger partial charge in [0, 0.05) is 4.88 Å². The Labute approximate surface area is 78.0 Å². The molecular formula is C8H13NOSSi. The van der Waals surface area contributed by atoms with Crippen molar-refractivity contribution in [2.75, 3.05) is 0 Å². The van der Waals surface area contributed by atoms with E-state index in [4.69, 9.17) is 4.53 Å². The Bertz CT molecular complexity index is 251. The van der Waals surface area contributed by atoms with Crippen molar-refractivity contribution in [2.45, 2.75) is 19.6 Å². The van der Waals surface area contributed by atoms with E-state index >= 15 is 0 Å².